The summed E-state index contributed by atoms with van der Waals surface area (Å²) in [5.74, 6) is -0.775. The molecule has 1 atom stereocenters. The summed E-state index contributed by atoms with van der Waals surface area (Å²) in [5, 5.41) is 3.34. The summed E-state index contributed by atoms with van der Waals surface area (Å²) < 4.78 is 12.6. The molecule has 1 aliphatic carbocycles. The second kappa shape index (κ2) is 11.2. The molecule has 5 rings (SSSR count). The fourth-order valence-corrected chi connectivity index (χ4v) is 5.25. The van der Waals surface area contributed by atoms with Gasteiger partial charge in [-0.15, -0.1) is 0 Å². The predicted octanol–water partition coefficient (Wildman–Crippen LogP) is 5.74. The zero-order valence-electron chi connectivity index (χ0n) is 23.0. The van der Waals surface area contributed by atoms with Crippen molar-refractivity contribution in [3.63, 3.8) is 0 Å². The number of rotatable bonds is 7. The highest BCUT2D eigenvalue weighted by atomic mass is 16.6. The molecule has 0 saturated heterocycles. The monoisotopic (exact) mass is 550 g/mol. The molecule has 208 valence electrons. The molecular weight excluding hydrogens is 520 g/mol. The lowest BCUT2D eigenvalue weighted by molar-refractivity contribution is -0.117. The van der Waals surface area contributed by atoms with Gasteiger partial charge in [0.1, 0.15) is 18.2 Å². The van der Waals surface area contributed by atoms with E-state index in [1.54, 1.807) is 39.1 Å². The molecule has 1 amide bonds. The van der Waals surface area contributed by atoms with E-state index in [-0.39, 0.29) is 18.9 Å². The number of benzene rings is 3. The lowest BCUT2D eigenvalue weighted by atomic mass is 9.98. The number of para-hydroxylation sites is 1. The lowest BCUT2D eigenvalue weighted by Crippen LogP contribution is -2.43. The first kappa shape index (κ1) is 27.6. The molecule has 4 aromatic rings. The molecule has 0 aliphatic heterocycles. The van der Waals surface area contributed by atoms with Gasteiger partial charge < -0.3 is 20.3 Å². The fourth-order valence-electron chi connectivity index (χ4n) is 5.25. The zero-order chi connectivity index (χ0) is 29.1. The van der Waals surface area contributed by atoms with Gasteiger partial charge in [0.2, 0.25) is 0 Å². The summed E-state index contributed by atoms with van der Waals surface area (Å²) in [4.78, 5) is 41.6. The van der Waals surface area contributed by atoms with E-state index in [4.69, 9.17) is 15.0 Å². The van der Waals surface area contributed by atoms with Crippen molar-refractivity contribution in [2.75, 3.05) is 6.61 Å². The molecule has 9 heteroatoms. The summed E-state index contributed by atoms with van der Waals surface area (Å²) in [6.07, 6.45) is 0.998. The van der Waals surface area contributed by atoms with Crippen LogP contribution in [0, 0.1) is 0 Å². The Morgan fingerprint density at radius 1 is 0.976 bits per heavy atom. The van der Waals surface area contributed by atoms with E-state index in [9.17, 15) is 14.4 Å². The van der Waals surface area contributed by atoms with Crippen molar-refractivity contribution in [2.24, 2.45) is 0 Å². The Balaban J connectivity index is 1.36. The van der Waals surface area contributed by atoms with Gasteiger partial charge in [0.05, 0.1) is 5.52 Å². The minimum atomic E-state index is -1.11. The Bertz CT molecular complexity index is 1650. The summed E-state index contributed by atoms with van der Waals surface area (Å²) in [5.41, 5.74) is 13.9. The number of carbonyl (C=O) groups excluding carboxylic acids is 3. The van der Waals surface area contributed by atoms with Crippen LogP contribution in [0.1, 0.15) is 43.4 Å². The van der Waals surface area contributed by atoms with Crippen LogP contribution in [0.3, 0.4) is 0 Å². The Morgan fingerprint density at radius 2 is 1.59 bits per heavy atom. The van der Waals surface area contributed by atoms with Gasteiger partial charge in [0, 0.05) is 23.9 Å². The average molecular weight is 551 g/mol. The van der Waals surface area contributed by atoms with Gasteiger partial charge in [-0.05, 0) is 54.7 Å². The van der Waals surface area contributed by atoms with Crippen LogP contribution < -0.4 is 5.32 Å². The highest BCUT2D eigenvalue weighted by Crippen LogP contribution is 2.44. The van der Waals surface area contributed by atoms with Crippen LogP contribution in [0.15, 0.2) is 79.0 Å². The van der Waals surface area contributed by atoms with Crippen LogP contribution in [0.25, 0.3) is 27.6 Å². The molecule has 0 unspecified atom stereocenters. The molecule has 41 heavy (non-hydrogen) atoms. The van der Waals surface area contributed by atoms with Crippen molar-refractivity contribution >= 4 is 35.1 Å². The predicted molar refractivity (Wildman–Crippen MR) is 154 cm³/mol. The molecular formula is C32H30N4O5. The van der Waals surface area contributed by atoms with Gasteiger partial charge in [0.25, 0.3) is 5.78 Å². The highest BCUT2D eigenvalue weighted by Gasteiger charge is 2.31. The lowest BCUT2D eigenvalue weighted by Gasteiger charge is -2.19. The first-order valence-electron chi connectivity index (χ1n) is 13.3. The average Bonchev–Trinajstić information content (AvgIpc) is 3.47. The van der Waals surface area contributed by atoms with Crippen molar-refractivity contribution in [2.45, 2.75) is 44.8 Å². The normalized spacial score (nSPS) is 13.0. The number of hydrogen-bond donors (Lipinski definition) is 1. The van der Waals surface area contributed by atoms with Crippen molar-refractivity contribution in [1.82, 2.24) is 9.88 Å². The number of fused-ring (bicyclic) bond motifs is 4. The molecule has 3 aromatic carbocycles. The van der Waals surface area contributed by atoms with Crippen molar-refractivity contribution in [3.05, 3.63) is 101 Å². The number of ketones is 1. The number of ether oxygens (including phenoxy) is 2. The van der Waals surface area contributed by atoms with Crippen LogP contribution >= 0.6 is 0 Å². The molecule has 0 saturated carbocycles. The first-order chi connectivity index (χ1) is 19.7. The van der Waals surface area contributed by atoms with Crippen LogP contribution in [-0.2, 0) is 20.7 Å². The third-order valence-corrected chi connectivity index (χ3v) is 6.97. The van der Waals surface area contributed by atoms with E-state index in [1.807, 2.05) is 60.7 Å². The smallest absolute Gasteiger partial charge is 0.419 e. The second-order valence-electron chi connectivity index (χ2n) is 10.9. The fraction of sp³-hybridized carbons (Fsp3) is 0.250. The summed E-state index contributed by atoms with van der Waals surface area (Å²) in [6, 6.07) is 22.1. The molecule has 0 radical (unpaired) electrons. The van der Waals surface area contributed by atoms with Gasteiger partial charge in [-0.2, -0.15) is 4.79 Å². The highest BCUT2D eigenvalue weighted by molar-refractivity contribution is 6.28. The van der Waals surface area contributed by atoms with Crippen LogP contribution in [0.2, 0.25) is 0 Å². The molecule has 1 aliphatic rings. The van der Waals surface area contributed by atoms with E-state index in [0.29, 0.717) is 16.5 Å². The number of alkyl carbamates (subject to hydrolysis) is 1. The number of carbonyl (C=O) groups is 3. The standard InChI is InChI=1S/C32H30N4O5/c1-32(2,3)41-31(39)36-18-20(21-10-8-9-15-28(21)36)16-27(29(37)17-34-33)35-30(38)40-19-26-24-13-6-4-11-22(24)23-12-5-7-14-25(23)26/h4-15,17-18,26-27H,16,19H2,1-3H3,(H,35,38)/t27-/m0/s1. The minimum Gasteiger partial charge on any atom is -0.449 e. The Morgan fingerprint density at radius 3 is 2.22 bits per heavy atom. The third kappa shape index (κ3) is 5.81. The van der Waals surface area contributed by atoms with Crippen molar-refractivity contribution < 1.29 is 28.6 Å². The van der Waals surface area contributed by atoms with E-state index in [2.05, 4.69) is 10.1 Å². The van der Waals surface area contributed by atoms with E-state index < -0.39 is 29.6 Å². The van der Waals surface area contributed by atoms with Crippen LogP contribution in [-0.4, -0.2) is 51.8 Å². The van der Waals surface area contributed by atoms with Crippen molar-refractivity contribution in [1.29, 1.82) is 0 Å². The van der Waals surface area contributed by atoms with Gasteiger partial charge in [-0.3, -0.25) is 9.36 Å². The number of nitrogens with one attached hydrogen (secondary N) is 1. The zero-order valence-corrected chi connectivity index (χ0v) is 23.0. The van der Waals surface area contributed by atoms with E-state index in [1.165, 1.54) is 4.57 Å². The first-order valence-corrected chi connectivity index (χ1v) is 13.3. The number of Topliss-reactive ketones (excluding diaryl/α,β-unsaturated/α-hetero) is 1. The van der Waals surface area contributed by atoms with Gasteiger partial charge >= 0.3 is 18.4 Å². The minimum absolute atomic E-state index is 0.0192. The SMILES string of the molecule is CC(C)(C)OC(=O)n1cc(C[C@H](NC(=O)OCC2c3ccccc3-c3ccccc32)C(=O)C=[N+]=[N-])c2ccccc21. The summed E-state index contributed by atoms with van der Waals surface area (Å²) in [7, 11) is 0. The maximum absolute atomic E-state index is 13.0. The molecule has 1 aromatic heterocycles. The van der Waals surface area contributed by atoms with E-state index >= 15 is 0 Å². The largest absolute Gasteiger partial charge is 0.449 e. The quantitative estimate of drug-likeness (QED) is 0.178. The maximum atomic E-state index is 13.0. The number of hydrogen-bond acceptors (Lipinski definition) is 5. The molecule has 0 spiro atoms. The van der Waals surface area contributed by atoms with Gasteiger partial charge in [0.15, 0.2) is 0 Å². The van der Waals surface area contributed by atoms with Crippen LogP contribution in [0.4, 0.5) is 9.59 Å². The summed E-state index contributed by atoms with van der Waals surface area (Å²) in [6.45, 7) is 5.41. The third-order valence-electron chi connectivity index (χ3n) is 6.97. The molecule has 1 N–H and O–H groups in total. The second-order valence-corrected chi connectivity index (χ2v) is 10.9. The molecule has 9 nitrogen and oxygen atoms in total. The number of amides is 1. The summed E-state index contributed by atoms with van der Waals surface area (Å²) >= 11 is 0. The van der Waals surface area contributed by atoms with Crippen molar-refractivity contribution in [3.8, 4) is 11.1 Å². The van der Waals surface area contributed by atoms with Gasteiger partial charge in [-0.25, -0.2) is 9.59 Å². The number of aromatic nitrogens is 1. The Kier molecular flexibility index (Phi) is 7.55. The molecule has 1 heterocycles. The topological polar surface area (TPSA) is 123 Å². The molecule has 0 bridgehead atoms. The van der Waals surface area contributed by atoms with E-state index in [0.717, 1.165) is 28.5 Å². The van der Waals surface area contributed by atoms with Gasteiger partial charge in [-0.1, -0.05) is 66.7 Å². The Hall–Kier alpha value is -5.01. The van der Waals surface area contributed by atoms with Crippen LogP contribution in [0.5, 0.6) is 0 Å². The Labute approximate surface area is 237 Å². The maximum Gasteiger partial charge on any atom is 0.419 e. The molecule has 0 fully saturated rings. The number of nitrogens with zero attached hydrogens (tertiary/aromatic N) is 3.